The van der Waals surface area contributed by atoms with E-state index in [1.807, 2.05) is 43.5 Å². The van der Waals surface area contributed by atoms with Crippen LogP contribution in [0.4, 0.5) is 5.69 Å². The van der Waals surface area contributed by atoms with Crippen molar-refractivity contribution in [2.45, 2.75) is 26.3 Å². The van der Waals surface area contributed by atoms with Crippen LogP contribution >= 0.6 is 34.8 Å². The van der Waals surface area contributed by atoms with Crippen molar-refractivity contribution >= 4 is 46.2 Å². The number of nitrogens with zero attached hydrogens (tertiary/aromatic N) is 3. The zero-order valence-corrected chi connectivity index (χ0v) is 17.2. The number of aromatic nitrogens is 2. The number of anilines is 1. The molecule has 0 fully saturated rings. The number of hydrogen-bond acceptors (Lipinski definition) is 3. The quantitative estimate of drug-likeness (QED) is 0.359. The Hall–Kier alpha value is -2.01. The molecule has 1 atom stereocenters. The molecule has 0 saturated carbocycles. The largest absolute Gasteiger partial charge is 0.326 e. The lowest BCUT2D eigenvalue weighted by atomic mass is 10.0. The van der Waals surface area contributed by atoms with Gasteiger partial charge in [0.05, 0.1) is 27.5 Å². The first-order chi connectivity index (χ1) is 13.0. The molecule has 7 heteroatoms. The third-order valence-corrected chi connectivity index (χ3v) is 5.08. The van der Waals surface area contributed by atoms with Crippen LogP contribution in [0.5, 0.6) is 0 Å². The molecule has 1 heterocycles. The van der Waals surface area contributed by atoms with Crippen LogP contribution in [0.1, 0.15) is 30.8 Å². The number of hydrazone groups is 1. The number of halogens is 3. The molecule has 1 N–H and O–H groups in total. The number of benzene rings is 2. The zero-order valence-electron chi connectivity index (χ0n) is 15.0. The Balaban J connectivity index is 2.05. The van der Waals surface area contributed by atoms with Crippen molar-refractivity contribution in [3.05, 3.63) is 81.3 Å². The van der Waals surface area contributed by atoms with Gasteiger partial charge in [0, 0.05) is 17.4 Å². The predicted octanol–water partition coefficient (Wildman–Crippen LogP) is 6.62. The first-order valence-corrected chi connectivity index (χ1v) is 9.67. The fourth-order valence-corrected chi connectivity index (χ4v) is 3.85. The third kappa shape index (κ3) is 4.46. The monoisotopic (exact) mass is 420 g/mol. The van der Waals surface area contributed by atoms with Gasteiger partial charge in [0.2, 0.25) is 0 Å². The highest BCUT2D eigenvalue weighted by atomic mass is 35.5. The van der Waals surface area contributed by atoms with Crippen molar-refractivity contribution in [1.29, 1.82) is 0 Å². The molecule has 0 aliphatic rings. The molecule has 0 saturated heterocycles. The molecule has 0 radical (unpaired) electrons. The SMILES string of the molecule is CCC(/C(=N/Nc1c(Cl)cc(Cl)cc1Cl)c1ccccc1)n1ccnc1C. The van der Waals surface area contributed by atoms with E-state index >= 15 is 0 Å². The summed E-state index contributed by atoms with van der Waals surface area (Å²) in [4.78, 5) is 4.35. The molecule has 0 aliphatic heterocycles. The van der Waals surface area contributed by atoms with Gasteiger partial charge in [0.15, 0.2) is 0 Å². The minimum Gasteiger partial charge on any atom is -0.326 e. The molecule has 1 unspecified atom stereocenters. The highest BCUT2D eigenvalue weighted by Gasteiger charge is 2.20. The van der Waals surface area contributed by atoms with Crippen molar-refractivity contribution in [2.24, 2.45) is 5.10 Å². The van der Waals surface area contributed by atoms with Gasteiger partial charge in [-0.3, -0.25) is 5.43 Å². The second kappa shape index (κ2) is 8.79. The maximum absolute atomic E-state index is 6.29. The van der Waals surface area contributed by atoms with E-state index in [4.69, 9.17) is 34.8 Å². The molecule has 27 heavy (non-hydrogen) atoms. The Bertz CT molecular complexity index is 928. The summed E-state index contributed by atoms with van der Waals surface area (Å²) < 4.78 is 2.11. The van der Waals surface area contributed by atoms with Gasteiger partial charge in [-0.25, -0.2) is 4.98 Å². The Morgan fingerprint density at radius 3 is 2.37 bits per heavy atom. The van der Waals surface area contributed by atoms with Crippen LogP contribution in [0, 0.1) is 6.92 Å². The summed E-state index contributed by atoms with van der Waals surface area (Å²) in [7, 11) is 0. The highest BCUT2D eigenvalue weighted by Crippen LogP contribution is 2.34. The summed E-state index contributed by atoms with van der Waals surface area (Å²) >= 11 is 18.6. The van der Waals surface area contributed by atoms with Gasteiger partial charge in [-0.05, 0) is 31.0 Å². The van der Waals surface area contributed by atoms with E-state index in [9.17, 15) is 0 Å². The number of nitrogens with one attached hydrogen (secondary N) is 1. The Morgan fingerprint density at radius 2 is 1.81 bits per heavy atom. The van der Waals surface area contributed by atoms with E-state index in [0.717, 1.165) is 23.5 Å². The second-order valence-electron chi connectivity index (χ2n) is 6.03. The number of rotatable bonds is 6. The summed E-state index contributed by atoms with van der Waals surface area (Å²) in [5.41, 5.74) is 5.42. The summed E-state index contributed by atoms with van der Waals surface area (Å²) in [6.45, 7) is 4.09. The third-order valence-electron chi connectivity index (χ3n) is 4.27. The van der Waals surface area contributed by atoms with Gasteiger partial charge < -0.3 is 4.57 Å². The average molecular weight is 422 g/mol. The van der Waals surface area contributed by atoms with Gasteiger partial charge in [-0.1, -0.05) is 72.1 Å². The van der Waals surface area contributed by atoms with Crippen LogP contribution in [0.3, 0.4) is 0 Å². The lowest BCUT2D eigenvalue weighted by molar-refractivity contribution is 0.600. The highest BCUT2D eigenvalue weighted by molar-refractivity contribution is 6.41. The number of hydrogen-bond donors (Lipinski definition) is 1. The molecule has 0 aliphatic carbocycles. The average Bonchev–Trinajstić information content (AvgIpc) is 3.06. The van der Waals surface area contributed by atoms with Gasteiger partial charge in [-0.2, -0.15) is 5.10 Å². The lowest BCUT2D eigenvalue weighted by Gasteiger charge is -2.21. The summed E-state index contributed by atoms with van der Waals surface area (Å²) in [6, 6.07) is 13.3. The Morgan fingerprint density at radius 1 is 1.15 bits per heavy atom. The lowest BCUT2D eigenvalue weighted by Crippen LogP contribution is -2.22. The zero-order chi connectivity index (χ0) is 19.4. The van der Waals surface area contributed by atoms with E-state index < -0.39 is 0 Å². The van der Waals surface area contributed by atoms with E-state index in [-0.39, 0.29) is 6.04 Å². The predicted molar refractivity (Wildman–Crippen MR) is 114 cm³/mol. The smallest absolute Gasteiger partial charge is 0.106 e. The van der Waals surface area contributed by atoms with Crippen molar-refractivity contribution in [1.82, 2.24) is 9.55 Å². The van der Waals surface area contributed by atoms with E-state index in [2.05, 4.69) is 27.0 Å². The maximum Gasteiger partial charge on any atom is 0.106 e. The first-order valence-electron chi connectivity index (χ1n) is 8.54. The normalized spacial score (nSPS) is 12.9. The summed E-state index contributed by atoms with van der Waals surface area (Å²) in [6.07, 6.45) is 4.60. The van der Waals surface area contributed by atoms with Crippen LogP contribution < -0.4 is 5.43 Å². The Labute approximate surface area is 173 Å². The summed E-state index contributed by atoms with van der Waals surface area (Å²) in [5, 5.41) is 5.99. The van der Waals surface area contributed by atoms with Gasteiger partial charge >= 0.3 is 0 Å². The van der Waals surface area contributed by atoms with E-state index in [1.54, 1.807) is 18.3 Å². The molecule has 0 bridgehead atoms. The molecule has 3 rings (SSSR count). The topological polar surface area (TPSA) is 42.2 Å². The molecule has 2 aromatic carbocycles. The van der Waals surface area contributed by atoms with Crippen LogP contribution in [-0.2, 0) is 0 Å². The minimum absolute atomic E-state index is 0.00671. The van der Waals surface area contributed by atoms with Crippen molar-refractivity contribution in [3.8, 4) is 0 Å². The first kappa shape index (κ1) is 19.7. The molecular weight excluding hydrogens is 403 g/mol. The van der Waals surface area contributed by atoms with Crippen molar-refractivity contribution in [3.63, 3.8) is 0 Å². The molecular formula is C20H19Cl3N4. The molecule has 0 amide bonds. The Kier molecular flexibility index (Phi) is 6.42. The van der Waals surface area contributed by atoms with Gasteiger partial charge in [0.1, 0.15) is 5.82 Å². The molecule has 1 aromatic heterocycles. The fourth-order valence-electron chi connectivity index (χ4n) is 2.94. The molecule has 3 aromatic rings. The minimum atomic E-state index is 0.00671. The van der Waals surface area contributed by atoms with E-state index in [1.165, 1.54) is 0 Å². The van der Waals surface area contributed by atoms with Crippen molar-refractivity contribution < 1.29 is 0 Å². The van der Waals surface area contributed by atoms with Crippen LogP contribution in [-0.4, -0.2) is 15.3 Å². The van der Waals surface area contributed by atoms with Crippen LogP contribution in [0.15, 0.2) is 60.0 Å². The fraction of sp³-hybridized carbons (Fsp3) is 0.200. The van der Waals surface area contributed by atoms with Crippen LogP contribution in [0.2, 0.25) is 15.1 Å². The number of aryl methyl sites for hydroxylation is 1. The second-order valence-corrected chi connectivity index (χ2v) is 7.28. The maximum atomic E-state index is 6.29. The van der Waals surface area contributed by atoms with E-state index in [0.29, 0.717) is 20.8 Å². The molecule has 0 spiro atoms. The standard InChI is InChI=1S/C20H19Cl3N4/c1-3-18(27-10-9-24-13(27)2)19(14-7-5-4-6-8-14)25-26-20-16(22)11-15(21)12-17(20)23/h4-12,18,26H,3H2,1-2H3/b25-19+. The molecule has 140 valence electrons. The number of imidazole rings is 1. The van der Waals surface area contributed by atoms with Crippen molar-refractivity contribution in [2.75, 3.05) is 5.43 Å². The van der Waals surface area contributed by atoms with Crippen LogP contribution in [0.25, 0.3) is 0 Å². The molecule has 4 nitrogen and oxygen atoms in total. The van der Waals surface area contributed by atoms with Gasteiger partial charge in [-0.15, -0.1) is 0 Å². The summed E-state index contributed by atoms with van der Waals surface area (Å²) in [5.74, 6) is 0.924. The van der Waals surface area contributed by atoms with Gasteiger partial charge in [0.25, 0.3) is 0 Å².